The molecule has 33 heavy (non-hydrogen) atoms. The van der Waals surface area contributed by atoms with Crippen LogP contribution in [0.1, 0.15) is 61.4 Å². The number of carbonyl (C=O) groups is 4. The molecule has 4 rings (SSSR count). The highest BCUT2D eigenvalue weighted by Gasteiger charge is 2.46. The largest absolute Gasteiger partial charge is 0.326 e. The highest BCUT2D eigenvalue weighted by Crippen LogP contribution is 2.33. The van der Waals surface area contributed by atoms with Gasteiger partial charge < -0.3 is 10.2 Å². The third-order valence-electron chi connectivity index (χ3n) is 6.48. The van der Waals surface area contributed by atoms with E-state index in [4.69, 9.17) is 0 Å². The molecule has 1 heterocycles. The van der Waals surface area contributed by atoms with Crippen molar-refractivity contribution in [1.29, 1.82) is 0 Å². The quantitative estimate of drug-likeness (QED) is 0.701. The van der Waals surface area contributed by atoms with Gasteiger partial charge in [0.05, 0.1) is 12.1 Å². The maximum absolute atomic E-state index is 13.7. The molecule has 0 spiro atoms. The number of hydrogen-bond acceptors (Lipinski definition) is 4. The summed E-state index contributed by atoms with van der Waals surface area (Å²) in [6.45, 7) is 3.30. The molecular formula is C26H29N3O4. The number of nitrogens with zero attached hydrogens (tertiary/aromatic N) is 2. The number of imide groups is 1. The van der Waals surface area contributed by atoms with Crippen molar-refractivity contribution < 1.29 is 19.2 Å². The number of hydrogen-bond donors (Lipinski definition) is 1. The number of rotatable bonds is 5. The van der Waals surface area contributed by atoms with Crippen molar-refractivity contribution in [1.82, 2.24) is 4.90 Å². The minimum Gasteiger partial charge on any atom is -0.326 e. The first-order chi connectivity index (χ1) is 15.9. The smallest absolute Gasteiger partial charge is 0.257 e. The summed E-state index contributed by atoms with van der Waals surface area (Å²) in [5.74, 6) is -1.08. The average molecular weight is 448 g/mol. The van der Waals surface area contributed by atoms with E-state index in [1.54, 1.807) is 35.2 Å². The second-order valence-electron chi connectivity index (χ2n) is 8.83. The fourth-order valence-corrected chi connectivity index (χ4v) is 4.87. The van der Waals surface area contributed by atoms with Gasteiger partial charge >= 0.3 is 0 Å². The first-order valence-electron chi connectivity index (χ1n) is 11.5. The van der Waals surface area contributed by atoms with Crippen LogP contribution in [0.2, 0.25) is 0 Å². The second-order valence-corrected chi connectivity index (χ2v) is 8.83. The zero-order valence-corrected chi connectivity index (χ0v) is 19.0. The van der Waals surface area contributed by atoms with Crippen LogP contribution in [-0.4, -0.2) is 40.6 Å². The van der Waals surface area contributed by atoms with E-state index in [-0.39, 0.29) is 36.1 Å². The Bertz CT molecular complexity index is 1070. The van der Waals surface area contributed by atoms with E-state index in [0.29, 0.717) is 16.9 Å². The predicted molar refractivity (Wildman–Crippen MR) is 126 cm³/mol. The Balaban J connectivity index is 1.64. The van der Waals surface area contributed by atoms with Gasteiger partial charge in [-0.3, -0.25) is 19.2 Å². The molecule has 1 N–H and O–H groups in total. The lowest BCUT2D eigenvalue weighted by Gasteiger charge is -2.37. The third-order valence-corrected chi connectivity index (χ3v) is 6.48. The third kappa shape index (κ3) is 4.67. The van der Waals surface area contributed by atoms with Crippen molar-refractivity contribution in [2.24, 2.45) is 0 Å². The van der Waals surface area contributed by atoms with E-state index in [0.717, 1.165) is 37.7 Å². The van der Waals surface area contributed by atoms with Crippen LogP contribution in [0.5, 0.6) is 0 Å². The van der Waals surface area contributed by atoms with Gasteiger partial charge in [0.1, 0.15) is 6.04 Å². The number of amides is 4. The molecule has 0 bridgehead atoms. The summed E-state index contributed by atoms with van der Waals surface area (Å²) >= 11 is 0. The highest BCUT2D eigenvalue weighted by atomic mass is 16.2. The SMILES string of the molecule is CC(=O)Nc1ccc(N2C(=O)CC(N(C(=O)c3ccccc3C)C3CCCCC3)C2=O)cc1. The van der Waals surface area contributed by atoms with Crippen LogP contribution in [0.15, 0.2) is 48.5 Å². The lowest BCUT2D eigenvalue weighted by molar-refractivity contribution is -0.123. The van der Waals surface area contributed by atoms with Gasteiger partial charge in [-0.2, -0.15) is 0 Å². The molecule has 1 saturated carbocycles. The maximum atomic E-state index is 13.7. The molecule has 1 unspecified atom stereocenters. The lowest BCUT2D eigenvalue weighted by atomic mass is 9.91. The van der Waals surface area contributed by atoms with E-state index >= 15 is 0 Å². The van der Waals surface area contributed by atoms with Crippen molar-refractivity contribution in [3.05, 3.63) is 59.7 Å². The molecule has 1 atom stereocenters. The molecule has 1 aliphatic carbocycles. The lowest BCUT2D eigenvalue weighted by Crippen LogP contribution is -2.51. The normalized spacial score (nSPS) is 19.0. The molecule has 2 aromatic carbocycles. The van der Waals surface area contributed by atoms with Gasteiger partial charge in [-0.1, -0.05) is 37.5 Å². The minimum absolute atomic E-state index is 0.0274. The van der Waals surface area contributed by atoms with Crippen molar-refractivity contribution in [3.63, 3.8) is 0 Å². The molecule has 0 aromatic heterocycles. The van der Waals surface area contributed by atoms with Crippen LogP contribution in [-0.2, 0) is 14.4 Å². The van der Waals surface area contributed by atoms with E-state index in [9.17, 15) is 19.2 Å². The topological polar surface area (TPSA) is 86.8 Å². The summed E-state index contributed by atoms with van der Waals surface area (Å²) in [6.07, 6.45) is 4.77. The summed E-state index contributed by atoms with van der Waals surface area (Å²) in [6, 6.07) is 13.1. The highest BCUT2D eigenvalue weighted by molar-refractivity contribution is 6.23. The molecule has 4 amide bonds. The summed E-state index contributed by atoms with van der Waals surface area (Å²) < 4.78 is 0. The van der Waals surface area contributed by atoms with Crippen LogP contribution >= 0.6 is 0 Å². The number of aryl methyl sites for hydroxylation is 1. The monoisotopic (exact) mass is 447 g/mol. The molecule has 7 nitrogen and oxygen atoms in total. The van der Waals surface area contributed by atoms with Crippen molar-refractivity contribution in [2.45, 2.75) is 64.5 Å². The van der Waals surface area contributed by atoms with E-state index < -0.39 is 6.04 Å². The summed E-state index contributed by atoms with van der Waals surface area (Å²) in [5, 5.41) is 2.67. The first-order valence-corrected chi connectivity index (χ1v) is 11.5. The maximum Gasteiger partial charge on any atom is 0.257 e. The molecule has 7 heteroatoms. The Morgan fingerprint density at radius 2 is 1.64 bits per heavy atom. The molecule has 2 fully saturated rings. The van der Waals surface area contributed by atoms with Crippen LogP contribution in [0.4, 0.5) is 11.4 Å². The Kier molecular flexibility index (Phi) is 6.58. The number of carbonyl (C=O) groups excluding carboxylic acids is 4. The summed E-state index contributed by atoms with van der Waals surface area (Å²) in [5.41, 5.74) is 2.45. The predicted octanol–water partition coefficient (Wildman–Crippen LogP) is 4.06. The Labute approximate surface area is 193 Å². The van der Waals surface area contributed by atoms with Crippen molar-refractivity contribution in [2.75, 3.05) is 10.2 Å². The van der Waals surface area contributed by atoms with Gasteiger partial charge in [0.25, 0.3) is 11.8 Å². The van der Waals surface area contributed by atoms with Gasteiger partial charge in [-0.25, -0.2) is 4.90 Å². The molecular weight excluding hydrogens is 418 g/mol. The van der Waals surface area contributed by atoms with Gasteiger partial charge in [-0.15, -0.1) is 0 Å². The van der Waals surface area contributed by atoms with Crippen LogP contribution < -0.4 is 10.2 Å². The van der Waals surface area contributed by atoms with Crippen LogP contribution in [0.3, 0.4) is 0 Å². The Morgan fingerprint density at radius 3 is 2.27 bits per heavy atom. The van der Waals surface area contributed by atoms with E-state index in [1.807, 2.05) is 25.1 Å². The molecule has 1 aliphatic heterocycles. The summed E-state index contributed by atoms with van der Waals surface area (Å²) in [7, 11) is 0. The van der Waals surface area contributed by atoms with Gasteiger partial charge in [0.15, 0.2) is 0 Å². The van der Waals surface area contributed by atoms with Gasteiger partial charge in [0, 0.05) is 24.2 Å². The molecule has 0 radical (unpaired) electrons. The van der Waals surface area contributed by atoms with Gasteiger partial charge in [0.2, 0.25) is 11.8 Å². The molecule has 1 saturated heterocycles. The second kappa shape index (κ2) is 9.57. The molecule has 172 valence electrons. The fourth-order valence-electron chi connectivity index (χ4n) is 4.87. The average Bonchev–Trinajstić information content (AvgIpc) is 3.09. The molecule has 2 aliphatic rings. The Hall–Kier alpha value is -3.48. The van der Waals surface area contributed by atoms with Crippen LogP contribution in [0, 0.1) is 6.92 Å². The zero-order valence-electron chi connectivity index (χ0n) is 19.0. The first kappa shape index (κ1) is 22.7. The summed E-state index contributed by atoms with van der Waals surface area (Å²) in [4.78, 5) is 54.3. The van der Waals surface area contributed by atoms with Crippen molar-refractivity contribution >= 4 is 35.0 Å². The van der Waals surface area contributed by atoms with E-state index in [1.165, 1.54) is 11.8 Å². The Morgan fingerprint density at radius 1 is 0.970 bits per heavy atom. The molecule has 2 aromatic rings. The van der Waals surface area contributed by atoms with E-state index in [2.05, 4.69) is 5.32 Å². The zero-order chi connectivity index (χ0) is 23.5. The fraction of sp³-hybridized carbons (Fsp3) is 0.385. The number of benzene rings is 2. The van der Waals surface area contributed by atoms with Crippen molar-refractivity contribution in [3.8, 4) is 0 Å². The minimum atomic E-state index is -0.817. The van der Waals surface area contributed by atoms with Crippen LogP contribution in [0.25, 0.3) is 0 Å². The number of anilines is 2. The van der Waals surface area contributed by atoms with Gasteiger partial charge in [-0.05, 0) is 55.7 Å². The number of nitrogens with one attached hydrogen (secondary N) is 1. The standard InChI is InChI=1S/C26H29N3O4/c1-17-8-6-7-11-22(17)25(32)28(20-9-4-3-5-10-20)23-16-24(31)29(26(23)33)21-14-12-19(13-15-21)27-18(2)30/h6-8,11-15,20,23H,3-5,9-10,16H2,1-2H3,(H,27,30).